The molecule has 0 saturated heterocycles. The largest absolute Gasteiger partial charge is 0.313 e. The first-order valence-electron chi connectivity index (χ1n) is 7.60. The predicted octanol–water partition coefficient (Wildman–Crippen LogP) is 5.00. The molecule has 1 aromatic carbocycles. The number of halogens is 1. The van der Waals surface area contributed by atoms with Gasteiger partial charge in [0.25, 0.3) is 0 Å². The molecule has 0 fully saturated rings. The molecule has 0 aromatic heterocycles. The van der Waals surface area contributed by atoms with Crippen LogP contribution in [0.4, 0.5) is 0 Å². The topological polar surface area (TPSA) is 12.0 Å². The van der Waals surface area contributed by atoms with Gasteiger partial charge in [0, 0.05) is 11.1 Å². The Morgan fingerprint density at radius 3 is 2.37 bits per heavy atom. The van der Waals surface area contributed by atoms with Crippen LogP contribution in [0, 0.1) is 12.8 Å². The van der Waals surface area contributed by atoms with E-state index < -0.39 is 0 Å². The maximum Gasteiger partial charge on any atom is 0.0441 e. The molecule has 0 radical (unpaired) electrons. The van der Waals surface area contributed by atoms with Crippen molar-refractivity contribution in [3.05, 3.63) is 34.3 Å². The first-order valence-corrected chi connectivity index (χ1v) is 7.98. The first kappa shape index (κ1) is 16.5. The molecule has 1 N–H and O–H groups in total. The average Bonchev–Trinajstić information content (AvgIpc) is 2.39. The van der Waals surface area contributed by atoms with Gasteiger partial charge in [-0.2, -0.15) is 0 Å². The van der Waals surface area contributed by atoms with Crippen LogP contribution in [-0.2, 0) is 6.42 Å². The van der Waals surface area contributed by atoms with Gasteiger partial charge in [-0.05, 0) is 49.4 Å². The Balaban J connectivity index is 2.80. The molecule has 19 heavy (non-hydrogen) atoms. The van der Waals surface area contributed by atoms with Gasteiger partial charge in [-0.1, -0.05) is 57.3 Å². The van der Waals surface area contributed by atoms with E-state index in [1.807, 2.05) is 0 Å². The fourth-order valence-corrected chi connectivity index (χ4v) is 2.96. The summed E-state index contributed by atoms with van der Waals surface area (Å²) in [6, 6.07) is 6.95. The Morgan fingerprint density at radius 1 is 1.16 bits per heavy atom. The van der Waals surface area contributed by atoms with Gasteiger partial charge < -0.3 is 5.32 Å². The molecular formula is C17H28ClN. The second-order valence-electron chi connectivity index (χ2n) is 5.44. The van der Waals surface area contributed by atoms with Crippen LogP contribution >= 0.6 is 11.6 Å². The van der Waals surface area contributed by atoms with E-state index >= 15 is 0 Å². The summed E-state index contributed by atoms with van der Waals surface area (Å²) in [6.07, 6.45) is 4.66. The molecule has 1 aromatic rings. The average molecular weight is 282 g/mol. The third-order valence-electron chi connectivity index (χ3n) is 3.92. The van der Waals surface area contributed by atoms with Gasteiger partial charge in [-0.3, -0.25) is 0 Å². The van der Waals surface area contributed by atoms with E-state index in [1.54, 1.807) is 0 Å². The summed E-state index contributed by atoms with van der Waals surface area (Å²) in [4.78, 5) is 0. The lowest BCUT2D eigenvalue weighted by molar-refractivity contribution is 0.332. The van der Waals surface area contributed by atoms with Crippen LogP contribution in [0.5, 0.6) is 0 Å². The van der Waals surface area contributed by atoms with Crippen molar-refractivity contribution < 1.29 is 0 Å². The zero-order chi connectivity index (χ0) is 14.3. The third kappa shape index (κ3) is 5.16. The third-order valence-corrected chi connectivity index (χ3v) is 4.27. The van der Waals surface area contributed by atoms with E-state index in [0.717, 1.165) is 23.9 Å². The van der Waals surface area contributed by atoms with Crippen molar-refractivity contribution in [3.8, 4) is 0 Å². The highest BCUT2D eigenvalue weighted by Gasteiger charge is 2.19. The van der Waals surface area contributed by atoms with Crippen molar-refractivity contribution in [2.75, 3.05) is 6.54 Å². The fraction of sp³-hybridized carbons (Fsp3) is 0.647. The Morgan fingerprint density at radius 2 is 1.84 bits per heavy atom. The van der Waals surface area contributed by atoms with E-state index in [9.17, 15) is 0 Å². The van der Waals surface area contributed by atoms with Crippen LogP contribution in [0.15, 0.2) is 18.2 Å². The van der Waals surface area contributed by atoms with Gasteiger partial charge in [-0.25, -0.2) is 0 Å². The van der Waals surface area contributed by atoms with E-state index in [-0.39, 0.29) is 0 Å². The number of rotatable bonds is 8. The molecule has 0 amide bonds. The lowest BCUT2D eigenvalue weighted by Gasteiger charge is -2.27. The standard InChI is InChI=1S/C17H28ClN/c1-5-10-19-17(14(6-2)7-3)12-15-9-8-13(4)11-16(15)18/h8-9,11,14,17,19H,5-7,10,12H2,1-4H3. The number of aryl methyl sites for hydroxylation is 1. The summed E-state index contributed by atoms with van der Waals surface area (Å²) in [7, 11) is 0. The molecule has 1 atom stereocenters. The lowest BCUT2D eigenvalue weighted by atomic mass is 9.89. The SMILES string of the molecule is CCCNC(Cc1ccc(C)cc1Cl)C(CC)CC. The van der Waals surface area contributed by atoms with Gasteiger partial charge in [0.15, 0.2) is 0 Å². The van der Waals surface area contributed by atoms with Crippen LogP contribution in [0.2, 0.25) is 5.02 Å². The minimum atomic E-state index is 0.537. The van der Waals surface area contributed by atoms with Crippen LogP contribution < -0.4 is 5.32 Å². The van der Waals surface area contributed by atoms with Crippen molar-refractivity contribution in [2.45, 2.75) is 59.4 Å². The van der Waals surface area contributed by atoms with Gasteiger partial charge in [0.2, 0.25) is 0 Å². The Bertz CT molecular complexity index is 372. The predicted molar refractivity (Wildman–Crippen MR) is 86.0 cm³/mol. The molecule has 0 heterocycles. The molecule has 0 aliphatic carbocycles. The van der Waals surface area contributed by atoms with Crippen LogP contribution in [0.3, 0.4) is 0 Å². The van der Waals surface area contributed by atoms with Crippen LogP contribution in [0.25, 0.3) is 0 Å². The van der Waals surface area contributed by atoms with Gasteiger partial charge in [0.1, 0.15) is 0 Å². The zero-order valence-electron chi connectivity index (χ0n) is 12.8. The summed E-state index contributed by atoms with van der Waals surface area (Å²) in [6.45, 7) is 9.96. The summed E-state index contributed by atoms with van der Waals surface area (Å²) in [5.41, 5.74) is 2.50. The summed E-state index contributed by atoms with van der Waals surface area (Å²) >= 11 is 6.37. The molecule has 0 spiro atoms. The number of nitrogens with one attached hydrogen (secondary N) is 1. The van der Waals surface area contributed by atoms with Crippen LogP contribution in [-0.4, -0.2) is 12.6 Å². The van der Waals surface area contributed by atoms with Crippen molar-refractivity contribution in [1.29, 1.82) is 0 Å². The zero-order valence-corrected chi connectivity index (χ0v) is 13.6. The molecule has 0 aliphatic rings. The molecule has 0 saturated carbocycles. The molecular weight excluding hydrogens is 254 g/mol. The minimum Gasteiger partial charge on any atom is -0.313 e. The summed E-state index contributed by atoms with van der Waals surface area (Å²) in [5, 5.41) is 4.61. The van der Waals surface area contributed by atoms with Gasteiger partial charge in [-0.15, -0.1) is 0 Å². The van der Waals surface area contributed by atoms with Gasteiger partial charge in [0.05, 0.1) is 0 Å². The Hall–Kier alpha value is -0.530. The van der Waals surface area contributed by atoms with Crippen molar-refractivity contribution in [2.24, 2.45) is 5.92 Å². The van der Waals surface area contributed by atoms with Gasteiger partial charge >= 0.3 is 0 Å². The normalized spacial score (nSPS) is 12.9. The molecule has 0 bridgehead atoms. The van der Waals surface area contributed by atoms with E-state index in [1.165, 1.54) is 30.4 Å². The maximum absolute atomic E-state index is 6.37. The van der Waals surface area contributed by atoms with Crippen molar-refractivity contribution in [1.82, 2.24) is 5.32 Å². The second-order valence-corrected chi connectivity index (χ2v) is 5.84. The van der Waals surface area contributed by atoms with Crippen molar-refractivity contribution >= 4 is 11.6 Å². The van der Waals surface area contributed by atoms with E-state index in [4.69, 9.17) is 11.6 Å². The molecule has 0 aliphatic heterocycles. The van der Waals surface area contributed by atoms with E-state index in [2.05, 4.69) is 51.2 Å². The molecule has 2 heteroatoms. The maximum atomic E-state index is 6.37. The monoisotopic (exact) mass is 281 g/mol. The second kappa shape index (κ2) is 8.60. The summed E-state index contributed by atoms with van der Waals surface area (Å²) < 4.78 is 0. The Kier molecular flexibility index (Phi) is 7.48. The molecule has 108 valence electrons. The highest BCUT2D eigenvalue weighted by molar-refractivity contribution is 6.31. The minimum absolute atomic E-state index is 0.537. The van der Waals surface area contributed by atoms with Crippen LogP contribution in [0.1, 0.15) is 51.2 Å². The van der Waals surface area contributed by atoms with Crippen molar-refractivity contribution in [3.63, 3.8) is 0 Å². The number of hydrogen-bond acceptors (Lipinski definition) is 1. The smallest absolute Gasteiger partial charge is 0.0441 e. The highest BCUT2D eigenvalue weighted by Crippen LogP contribution is 2.23. The number of hydrogen-bond donors (Lipinski definition) is 1. The fourth-order valence-electron chi connectivity index (χ4n) is 2.65. The highest BCUT2D eigenvalue weighted by atomic mass is 35.5. The first-order chi connectivity index (χ1) is 9.12. The molecule has 1 nitrogen and oxygen atoms in total. The Labute approximate surface area is 123 Å². The molecule has 1 rings (SSSR count). The summed E-state index contributed by atoms with van der Waals surface area (Å²) in [5.74, 6) is 0.726. The quantitative estimate of drug-likeness (QED) is 0.707. The lowest BCUT2D eigenvalue weighted by Crippen LogP contribution is -2.38. The number of benzene rings is 1. The van der Waals surface area contributed by atoms with E-state index in [0.29, 0.717) is 6.04 Å². The molecule has 1 unspecified atom stereocenters.